The summed E-state index contributed by atoms with van der Waals surface area (Å²) in [6.07, 6.45) is 2.16. The van der Waals surface area contributed by atoms with Gasteiger partial charge in [-0.25, -0.2) is 9.48 Å². The summed E-state index contributed by atoms with van der Waals surface area (Å²) in [5, 5.41) is 16.2. The third-order valence-electron chi connectivity index (χ3n) is 5.87. The van der Waals surface area contributed by atoms with Crippen LogP contribution in [-0.4, -0.2) is 49.7 Å². The summed E-state index contributed by atoms with van der Waals surface area (Å²) in [5.41, 5.74) is 2.88. The van der Waals surface area contributed by atoms with Gasteiger partial charge in [-0.05, 0) is 36.2 Å². The standard InChI is InChI=1S/C23H20ClN7O4/c24-17-3-1-2-4-18(17)26-23(35)25-10-14-12-31(29-28-14)15-6-5-13-11-30(22(34)16(13)9-15)19-7-8-20(32)27-21(19)33/h1-6,9,12,19H,7-8,10-11H2,(H2,25,26,35)(H,27,32,33). The van der Waals surface area contributed by atoms with Gasteiger partial charge in [0.1, 0.15) is 11.7 Å². The highest BCUT2D eigenvalue weighted by atomic mass is 35.5. The highest BCUT2D eigenvalue weighted by Crippen LogP contribution is 2.29. The maximum absolute atomic E-state index is 13.0. The van der Waals surface area contributed by atoms with Gasteiger partial charge in [0.2, 0.25) is 11.8 Å². The fraction of sp³-hybridized carbons (Fsp3) is 0.217. The van der Waals surface area contributed by atoms with E-state index in [9.17, 15) is 19.2 Å². The van der Waals surface area contributed by atoms with Crippen LogP contribution in [-0.2, 0) is 22.7 Å². The maximum atomic E-state index is 13.0. The van der Waals surface area contributed by atoms with E-state index in [2.05, 4.69) is 26.3 Å². The van der Waals surface area contributed by atoms with Crippen LogP contribution in [0.25, 0.3) is 5.69 Å². The minimum Gasteiger partial charge on any atom is -0.332 e. The van der Waals surface area contributed by atoms with Gasteiger partial charge in [0.05, 0.1) is 29.1 Å². The quantitative estimate of drug-likeness (QED) is 0.465. The molecule has 1 fully saturated rings. The molecule has 0 radical (unpaired) electrons. The number of imide groups is 1. The number of urea groups is 1. The lowest BCUT2D eigenvalue weighted by molar-refractivity contribution is -0.136. The van der Waals surface area contributed by atoms with Crippen LogP contribution in [0.1, 0.15) is 34.5 Å². The second-order valence-electron chi connectivity index (χ2n) is 8.18. The van der Waals surface area contributed by atoms with Crippen LogP contribution in [0.2, 0.25) is 5.02 Å². The predicted octanol–water partition coefficient (Wildman–Crippen LogP) is 2.00. The largest absolute Gasteiger partial charge is 0.332 e. The number of benzene rings is 2. The van der Waals surface area contributed by atoms with Gasteiger partial charge in [-0.1, -0.05) is 35.0 Å². The number of halogens is 1. The number of hydrogen-bond donors (Lipinski definition) is 3. The molecule has 0 spiro atoms. The topological polar surface area (TPSA) is 138 Å². The second kappa shape index (κ2) is 9.18. The molecule has 2 aliphatic heterocycles. The zero-order chi connectivity index (χ0) is 24.5. The van der Waals surface area contributed by atoms with Crippen molar-refractivity contribution in [2.75, 3.05) is 5.32 Å². The van der Waals surface area contributed by atoms with Crippen LogP contribution in [0.4, 0.5) is 10.5 Å². The molecule has 11 nitrogen and oxygen atoms in total. The highest BCUT2D eigenvalue weighted by molar-refractivity contribution is 6.33. The van der Waals surface area contributed by atoms with Crippen LogP contribution < -0.4 is 16.0 Å². The number of aromatic nitrogens is 3. The molecule has 1 unspecified atom stereocenters. The van der Waals surface area contributed by atoms with Gasteiger partial charge in [0.15, 0.2) is 0 Å². The van der Waals surface area contributed by atoms with Gasteiger partial charge in [-0.3, -0.25) is 19.7 Å². The smallest absolute Gasteiger partial charge is 0.319 e. The molecule has 12 heteroatoms. The molecule has 35 heavy (non-hydrogen) atoms. The Morgan fingerprint density at radius 3 is 2.80 bits per heavy atom. The van der Waals surface area contributed by atoms with Crippen molar-refractivity contribution >= 4 is 41.0 Å². The SMILES string of the molecule is O=C1CCC(N2Cc3ccc(-n4cc(CNC(=O)Nc5ccccc5Cl)nn4)cc3C2=O)C(=O)N1. The molecule has 2 aromatic carbocycles. The Hall–Kier alpha value is -4.25. The lowest BCUT2D eigenvalue weighted by Gasteiger charge is -2.29. The molecular formula is C23H20ClN7O4. The van der Waals surface area contributed by atoms with Gasteiger partial charge in [-0.2, -0.15) is 0 Å². The molecule has 2 aliphatic rings. The van der Waals surface area contributed by atoms with E-state index in [1.807, 2.05) is 6.07 Å². The number of nitrogens with zero attached hydrogens (tertiary/aromatic N) is 4. The molecule has 5 rings (SSSR count). The van der Waals surface area contributed by atoms with Crippen LogP contribution in [0.3, 0.4) is 0 Å². The van der Waals surface area contributed by atoms with E-state index in [-0.39, 0.29) is 24.8 Å². The van der Waals surface area contributed by atoms with Gasteiger partial charge in [0, 0.05) is 18.5 Å². The molecule has 5 amide bonds. The third-order valence-corrected chi connectivity index (χ3v) is 6.20. The normalized spacial score (nSPS) is 17.2. The molecule has 3 N–H and O–H groups in total. The molecule has 1 aromatic heterocycles. The van der Waals surface area contributed by atoms with Gasteiger partial charge >= 0.3 is 6.03 Å². The predicted molar refractivity (Wildman–Crippen MR) is 125 cm³/mol. The Labute approximate surface area is 204 Å². The Kier molecular flexibility index (Phi) is 5.91. The van der Waals surface area contributed by atoms with E-state index in [1.165, 1.54) is 9.58 Å². The van der Waals surface area contributed by atoms with Crippen molar-refractivity contribution in [2.45, 2.75) is 32.0 Å². The van der Waals surface area contributed by atoms with Gasteiger partial charge in [0.25, 0.3) is 5.91 Å². The van der Waals surface area contributed by atoms with Gasteiger partial charge in [-0.15, -0.1) is 5.10 Å². The molecular weight excluding hydrogens is 474 g/mol. The fourth-order valence-corrected chi connectivity index (χ4v) is 4.27. The summed E-state index contributed by atoms with van der Waals surface area (Å²) in [6.45, 7) is 0.428. The summed E-state index contributed by atoms with van der Waals surface area (Å²) >= 11 is 6.04. The fourth-order valence-electron chi connectivity index (χ4n) is 4.09. The van der Waals surface area contributed by atoms with Crippen LogP contribution in [0, 0.1) is 0 Å². The summed E-state index contributed by atoms with van der Waals surface area (Å²) in [5.74, 6) is -1.04. The Bertz CT molecular complexity index is 1360. The molecule has 3 heterocycles. The molecule has 178 valence electrons. The van der Waals surface area contributed by atoms with Crippen LogP contribution >= 0.6 is 11.6 Å². The number of rotatable bonds is 5. The van der Waals surface area contributed by atoms with Crippen molar-refractivity contribution < 1.29 is 19.2 Å². The zero-order valence-electron chi connectivity index (χ0n) is 18.3. The maximum Gasteiger partial charge on any atom is 0.319 e. The number of amides is 5. The summed E-state index contributed by atoms with van der Waals surface area (Å²) in [6, 6.07) is 11.1. The first-order chi connectivity index (χ1) is 16.9. The molecule has 1 atom stereocenters. The Morgan fingerprint density at radius 2 is 2.00 bits per heavy atom. The lowest BCUT2D eigenvalue weighted by Crippen LogP contribution is -2.52. The number of carbonyl (C=O) groups excluding carboxylic acids is 4. The number of piperidine rings is 1. The first kappa shape index (κ1) is 22.5. The minimum absolute atomic E-state index is 0.128. The van der Waals surface area contributed by atoms with E-state index in [1.54, 1.807) is 42.6 Å². The van der Waals surface area contributed by atoms with E-state index >= 15 is 0 Å². The number of nitrogens with one attached hydrogen (secondary N) is 3. The van der Waals surface area contributed by atoms with Crippen LogP contribution in [0.15, 0.2) is 48.7 Å². The third kappa shape index (κ3) is 4.58. The molecule has 0 saturated carbocycles. The van der Waals surface area contributed by atoms with Crippen molar-refractivity contribution in [1.29, 1.82) is 0 Å². The van der Waals surface area contributed by atoms with Crippen LogP contribution in [0.5, 0.6) is 0 Å². The number of fused-ring (bicyclic) bond motifs is 1. The lowest BCUT2D eigenvalue weighted by atomic mass is 10.0. The van der Waals surface area contributed by atoms with E-state index in [0.29, 0.717) is 40.6 Å². The number of carbonyl (C=O) groups is 4. The number of hydrogen-bond acceptors (Lipinski definition) is 6. The van der Waals surface area contributed by atoms with Crippen molar-refractivity contribution in [3.63, 3.8) is 0 Å². The number of para-hydroxylation sites is 1. The average molecular weight is 494 g/mol. The summed E-state index contributed by atoms with van der Waals surface area (Å²) in [4.78, 5) is 50.3. The second-order valence-corrected chi connectivity index (χ2v) is 8.59. The van der Waals surface area contributed by atoms with Crippen molar-refractivity contribution in [2.24, 2.45) is 0 Å². The molecule has 3 aromatic rings. The Morgan fingerprint density at radius 1 is 1.17 bits per heavy atom. The number of anilines is 1. The average Bonchev–Trinajstić information content (AvgIpc) is 3.44. The van der Waals surface area contributed by atoms with E-state index in [4.69, 9.17) is 11.6 Å². The van der Waals surface area contributed by atoms with Crippen molar-refractivity contribution in [1.82, 2.24) is 30.5 Å². The van der Waals surface area contributed by atoms with Crippen molar-refractivity contribution in [3.8, 4) is 5.69 Å². The molecule has 0 bridgehead atoms. The van der Waals surface area contributed by atoms with Gasteiger partial charge < -0.3 is 15.5 Å². The first-order valence-electron chi connectivity index (χ1n) is 10.9. The molecule has 0 aliphatic carbocycles. The summed E-state index contributed by atoms with van der Waals surface area (Å²) < 4.78 is 1.51. The first-order valence-corrected chi connectivity index (χ1v) is 11.3. The van der Waals surface area contributed by atoms with E-state index < -0.39 is 18.0 Å². The highest BCUT2D eigenvalue weighted by Gasteiger charge is 2.39. The van der Waals surface area contributed by atoms with Crippen molar-refractivity contribution in [3.05, 3.63) is 70.5 Å². The van der Waals surface area contributed by atoms with E-state index in [0.717, 1.165) is 5.56 Å². The summed E-state index contributed by atoms with van der Waals surface area (Å²) in [7, 11) is 0. The zero-order valence-corrected chi connectivity index (χ0v) is 19.1. The molecule has 1 saturated heterocycles. The monoisotopic (exact) mass is 493 g/mol. The Balaban J connectivity index is 1.24. The minimum atomic E-state index is -0.669.